The standard InChI is InChI=1S/C12H19N7/c1-4-10-16-11(8(2)12(17-10)18-13)14-7-9-5-6-15-19(9)3/h5-6H,4,7,13H2,1-3H3,(H2,14,16,17,18). The number of hydrogen-bond donors (Lipinski definition) is 3. The van der Waals surface area contributed by atoms with Crippen LogP contribution in [0.3, 0.4) is 0 Å². The normalized spacial score (nSPS) is 10.5. The first-order valence-corrected chi connectivity index (χ1v) is 6.20. The second kappa shape index (κ2) is 5.66. The van der Waals surface area contributed by atoms with Gasteiger partial charge in [-0.1, -0.05) is 6.92 Å². The van der Waals surface area contributed by atoms with Crippen molar-refractivity contribution in [1.29, 1.82) is 0 Å². The van der Waals surface area contributed by atoms with E-state index in [1.165, 1.54) is 0 Å². The van der Waals surface area contributed by atoms with E-state index in [2.05, 4.69) is 25.8 Å². The van der Waals surface area contributed by atoms with Crippen molar-refractivity contribution >= 4 is 11.6 Å². The number of nitrogens with one attached hydrogen (secondary N) is 2. The van der Waals surface area contributed by atoms with E-state index >= 15 is 0 Å². The Morgan fingerprint density at radius 3 is 2.63 bits per heavy atom. The van der Waals surface area contributed by atoms with E-state index in [4.69, 9.17) is 5.84 Å². The number of nitrogens with zero attached hydrogens (tertiary/aromatic N) is 4. The summed E-state index contributed by atoms with van der Waals surface area (Å²) in [6.45, 7) is 4.59. The molecule has 2 aromatic rings. The molecule has 0 amide bonds. The molecule has 2 heterocycles. The highest BCUT2D eigenvalue weighted by Crippen LogP contribution is 2.19. The fourth-order valence-electron chi connectivity index (χ4n) is 1.78. The second-order valence-corrected chi connectivity index (χ2v) is 4.26. The molecule has 0 aliphatic heterocycles. The van der Waals surface area contributed by atoms with E-state index in [1.54, 1.807) is 6.20 Å². The monoisotopic (exact) mass is 261 g/mol. The molecular weight excluding hydrogens is 242 g/mol. The first-order valence-electron chi connectivity index (χ1n) is 6.20. The lowest BCUT2D eigenvalue weighted by molar-refractivity contribution is 0.719. The number of aromatic nitrogens is 4. The molecule has 0 radical (unpaired) electrons. The Labute approximate surface area is 112 Å². The number of nitrogen functional groups attached to an aromatic ring is 1. The van der Waals surface area contributed by atoms with Crippen molar-refractivity contribution < 1.29 is 0 Å². The predicted octanol–water partition coefficient (Wildman–Crippen LogP) is 0.979. The van der Waals surface area contributed by atoms with Crippen molar-refractivity contribution in [2.75, 3.05) is 10.7 Å². The number of anilines is 2. The average Bonchev–Trinajstić information content (AvgIpc) is 2.83. The van der Waals surface area contributed by atoms with Gasteiger partial charge in [-0.2, -0.15) is 5.10 Å². The van der Waals surface area contributed by atoms with Crippen LogP contribution >= 0.6 is 0 Å². The van der Waals surface area contributed by atoms with Gasteiger partial charge in [0, 0.05) is 25.2 Å². The molecule has 7 nitrogen and oxygen atoms in total. The summed E-state index contributed by atoms with van der Waals surface area (Å²) >= 11 is 0. The van der Waals surface area contributed by atoms with Gasteiger partial charge >= 0.3 is 0 Å². The second-order valence-electron chi connectivity index (χ2n) is 4.26. The average molecular weight is 261 g/mol. The van der Waals surface area contributed by atoms with Gasteiger partial charge in [-0.05, 0) is 13.0 Å². The summed E-state index contributed by atoms with van der Waals surface area (Å²) in [5, 5.41) is 7.43. The molecule has 2 rings (SSSR count). The van der Waals surface area contributed by atoms with E-state index in [0.29, 0.717) is 12.4 Å². The SMILES string of the molecule is CCc1nc(NN)c(C)c(NCc2ccnn2C)n1. The molecule has 102 valence electrons. The topological polar surface area (TPSA) is 93.7 Å². The zero-order chi connectivity index (χ0) is 13.8. The highest BCUT2D eigenvalue weighted by atomic mass is 15.3. The van der Waals surface area contributed by atoms with Crippen LogP contribution in [-0.2, 0) is 20.0 Å². The highest BCUT2D eigenvalue weighted by molar-refractivity contribution is 5.56. The minimum absolute atomic E-state index is 0.652. The lowest BCUT2D eigenvalue weighted by atomic mass is 10.3. The molecule has 0 saturated carbocycles. The molecular formula is C12H19N7. The molecule has 0 bridgehead atoms. The number of hydrazine groups is 1. The molecule has 0 unspecified atom stereocenters. The third kappa shape index (κ3) is 2.82. The number of nitrogens with two attached hydrogens (primary N) is 1. The Bertz CT molecular complexity index is 561. The van der Waals surface area contributed by atoms with Crippen LogP contribution in [0, 0.1) is 6.92 Å². The van der Waals surface area contributed by atoms with Gasteiger partial charge in [0.25, 0.3) is 0 Å². The van der Waals surface area contributed by atoms with Crippen LogP contribution in [0.4, 0.5) is 11.6 Å². The summed E-state index contributed by atoms with van der Waals surface area (Å²) < 4.78 is 1.83. The van der Waals surface area contributed by atoms with Crippen molar-refractivity contribution in [3.8, 4) is 0 Å². The first kappa shape index (κ1) is 13.3. The summed E-state index contributed by atoms with van der Waals surface area (Å²) in [5.74, 6) is 7.68. The Hall–Kier alpha value is -2.15. The maximum atomic E-state index is 5.48. The molecule has 0 spiro atoms. The Morgan fingerprint density at radius 2 is 2.05 bits per heavy atom. The van der Waals surface area contributed by atoms with Crippen molar-refractivity contribution in [3.05, 3.63) is 29.3 Å². The summed E-state index contributed by atoms with van der Waals surface area (Å²) in [6.07, 6.45) is 2.53. The third-order valence-corrected chi connectivity index (χ3v) is 3.00. The van der Waals surface area contributed by atoms with Crippen LogP contribution in [0.5, 0.6) is 0 Å². The van der Waals surface area contributed by atoms with E-state index in [0.717, 1.165) is 29.3 Å². The van der Waals surface area contributed by atoms with Gasteiger partial charge in [0.2, 0.25) is 0 Å². The van der Waals surface area contributed by atoms with Crippen LogP contribution in [0.2, 0.25) is 0 Å². The Kier molecular flexibility index (Phi) is 3.96. The zero-order valence-electron chi connectivity index (χ0n) is 11.4. The van der Waals surface area contributed by atoms with Crippen LogP contribution < -0.4 is 16.6 Å². The summed E-state index contributed by atoms with van der Waals surface area (Å²) in [4.78, 5) is 8.81. The molecule has 7 heteroatoms. The third-order valence-electron chi connectivity index (χ3n) is 3.00. The Balaban J connectivity index is 2.22. The molecule has 2 aromatic heterocycles. The summed E-state index contributed by atoms with van der Waals surface area (Å²) in [6, 6.07) is 1.96. The van der Waals surface area contributed by atoms with Gasteiger partial charge in [-0.25, -0.2) is 15.8 Å². The van der Waals surface area contributed by atoms with Crippen LogP contribution in [0.15, 0.2) is 12.3 Å². The number of rotatable bonds is 5. The van der Waals surface area contributed by atoms with E-state index < -0.39 is 0 Å². The van der Waals surface area contributed by atoms with E-state index in [9.17, 15) is 0 Å². The van der Waals surface area contributed by atoms with Crippen LogP contribution in [0.25, 0.3) is 0 Å². The Morgan fingerprint density at radius 1 is 1.32 bits per heavy atom. The molecule has 0 atom stereocenters. The van der Waals surface area contributed by atoms with Crippen molar-refractivity contribution in [2.24, 2.45) is 12.9 Å². The van der Waals surface area contributed by atoms with E-state index in [1.807, 2.05) is 31.6 Å². The van der Waals surface area contributed by atoms with Gasteiger partial charge in [0.15, 0.2) is 0 Å². The van der Waals surface area contributed by atoms with Gasteiger partial charge < -0.3 is 10.7 Å². The largest absolute Gasteiger partial charge is 0.364 e. The quantitative estimate of drug-likeness (QED) is 0.548. The van der Waals surface area contributed by atoms with Gasteiger partial charge in [0.05, 0.1) is 12.2 Å². The number of hydrogen-bond acceptors (Lipinski definition) is 6. The predicted molar refractivity (Wildman–Crippen MR) is 74.5 cm³/mol. The van der Waals surface area contributed by atoms with Gasteiger partial charge in [-0.15, -0.1) is 0 Å². The lowest BCUT2D eigenvalue weighted by Gasteiger charge is -2.13. The van der Waals surface area contributed by atoms with Crippen molar-refractivity contribution in [3.63, 3.8) is 0 Å². The van der Waals surface area contributed by atoms with Crippen LogP contribution in [-0.4, -0.2) is 19.7 Å². The van der Waals surface area contributed by atoms with Gasteiger partial charge in [0.1, 0.15) is 17.5 Å². The highest BCUT2D eigenvalue weighted by Gasteiger charge is 2.09. The molecule has 0 fully saturated rings. The molecule has 0 saturated heterocycles. The maximum Gasteiger partial charge on any atom is 0.148 e. The molecule has 0 aromatic carbocycles. The first-order chi connectivity index (χ1) is 9.15. The van der Waals surface area contributed by atoms with Gasteiger partial charge in [-0.3, -0.25) is 4.68 Å². The zero-order valence-corrected chi connectivity index (χ0v) is 11.4. The lowest BCUT2D eigenvalue weighted by Crippen LogP contribution is -2.15. The molecule has 0 aliphatic rings. The fourth-order valence-corrected chi connectivity index (χ4v) is 1.78. The number of aryl methyl sites for hydroxylation is 2. The minimum atomic E-state index is 0.652. The van der Waals surface area contributed by atoms with Crippen molar-refractivity contribution in [1.82, 2.24) is 19.7 Å². The smallest absolute Gasteiger partial charge is 0.148 e. The fraction of sp³-hybridized carbons (Fsp3) is 0.417. The summed E-state index contributed by atoms with van der Waals surface area (Å²) in [5.41, 5.74) is 4.59. The van der Waals surface area contributed by atoms with Crippen LogP contribution in [0.1, 0.15) is 24.0 Å². The minimum Gasteiger partial charge on any atom is -0.364 e. The molecule has 0 aliphatic carbocycles. The van der Waals surface area contributed by atoms with Crippen molar-refractivity contribution in [2.45, 2.75) is 26.8 Å². The van der Waals surface area contributed by atoms with E-state index in [-0.39, 0.29) is 0 Å². The molecule has 19 heavy (non-hydrogen) atoms. The summed E-state index contributed by atoms with van der Waals surface area (Å²) in [7, 11) is 1.91. The molecule has 4 N–H and O–H groups in total. The maximum absolute atomic E-state index is 5.48.